The van der Waals surface area contributed by atoms with Gasteiger partial charge in [0.2, 0.25) is 5.65 Å². The van der Waals surface area contributed by atoms with Crippen molar-refractivity contribution in [3.63, 3.8) is 0 Å². The van der Waals surface area contributed by atoms with E-state index in [9.17, 15) is 13.2 Å². The van der Waals surface area contributed by atoms with Crippen LogP contribution >= 0.6 is 0 Å². The monoisotopic (exact) mass is 310 g/mol. The summed E-state index contributed by atoms with van der Waals surface area (Å²) in [6, 6.07) is 0.808. The van der Waals surface area contributed by atoms with Crippen LogP contribution in [0.25, 0.3) is 11.2 Å². The summed E-state index contributed by atoms with van der Waals surface area (Å²) in [5.74, 6) is -0.0118. The molecule has 7 nitrogen and oxygen atoms in total. The van der Waals surface area contributed by atoms with Crippen LogP contribution < -0.4 is 5.73 Å². The van der Waals surface area contributed by atoms with Gasteiger partial charge in [-0.05, 0) is 23.3 Å². The molecule has 0 bridgehead atoms. The summed E-state index contributed by atoms with van der Waals surface area (Å²) in [7, 11) is 0. The molecular weight excluding hydrogens is 301 g/mol. The minimum atomic E-state index is -4.53. The van der Waals surface area contributed by atoms with Crippen LogP contribution in [0.3, 0.4) is 0 Å². The van der Waals surface area contributed by atoms with Crippen LogP contribution in [0.2, 0.25) is 0 Å². The fourth-order valence-electron chi connectivity index (χ4n) is 2.01. The minimum absolute atomic E-state index is 0.00259. The third-order valence-corrected chi connectivity index (χ3v) is 3.09. The highest BCUT2D eigenvalue weighted by atomic mass is 19.4. The lowest BCUT2D eigenvalue weighted by atomic mass is 10.1. The lowest BCUT2D eigenvalue weighted by molar-refractivity contribution is -0.141. The molecule has 0 aliphatic carbocycles. The molecule has 0 atom stereocenters. The summed E-state index contributed by atoms with van der Waals surface area (Å²) in [6.07, 6.45) is -3.48. The standard InChI is InChI=1S/C12H9F3N6O/c1-5-6(9(16)10-11(18-5)21-22-20-10)4-8-17-3-2-7(19-8)12(13,14)15/h2-3H,4,16H2,1H3. The summed E-state index contributed by atoms with van der Waals surface area (Å²) in [4.78, 5) is 11.5. The molecule has 0 fully saturated rings. The molecule has 3 heterocycles. The summed E-state index contributed by atoms with van der Waals surface area (Å²) in [6.45, 7) is 1.66. The van der Waals surface area contributed by atoms with Crippen LogP contribution in [0.1, 0.15) is 22.8 Å². The SMILES string of the molecule is Cc1nc2nonc2c(N)c1Cc1nccc(C(F)(F)F)n1. The molecule has 0 saturated carbocycles. The number of rotatable bonds is 2. The molecule has 2 N–H and O–H groups in total. The lowest BCUT2D eigenvalue weighted by Gasteiger charge is -2.09. The van der Waals surface area contributed by atoms with Crippen LogP contribution in [0.5, 0.6) is 0 Å². The fourth-order valence-corrected chi connectivity index (χ4v) is 2.01. The summed E-state index contributed by atoms with van der Waals surface area (Å²) >= 11 is 0. The number of hydrogen-bond donors (Lipinski definition) is 1. The first-order valence-electron chi connectivity index (χ1n) is 6.12. The number of anilines is 1. The normalized spacial score (nSPS) is 12.0. The predicted molar refractivity (Wildman–Crippen MR) is 68.6 cm³/mol. The Morgan fingerprint density at radius 3 is 2.73 bits per heavy atom. The Morgan fingerprint density at radius 1 is 1.23 bits per heavy atom. The Bertz CT molecular complexity index is 844. The zero-order chi connectivity index (χ0) is 15.9. The molecule has 114 valence electrons. The first kappa shape index (κ1) is 14.2. The second-order valence-corrected chi connectivity index (χ2v) is 4.56. The summed E-state index contributed by atoms with van der Waals surface area (Å²) < 4.78 is 42.6. The zero-order valence-corrected chi connectivity index (χ0v) is 11.2. The van der Waals surface area contributed by atoms with Gasteiger partial charge < -0.3 is 5.73 Å². The van der Waals surface area contributed by atoms with E-state index in [0.717, 1.165) is 12.3 Å². The van der Waals surface area contributed by atoms with Gasteiger partial charge in [0.1, 0.15) is 11.5 Å². The van der Waals surface area contributed by atoms with E-state index < -0.39 is 11.9 Å². The topological polar surface area (TPSA) is 104 Å². The molecule has 3 aromatic heterocycles. The number of alkyl halides is 3. The largest absolute Gasteiger partial charge is 0.433 e. The lowest BCUT2D eigenvalue weighted by Crippen LogP contribution is -2.11. The van der Waals surface area contributed by atoms with Crippen LogP contribution in [0, 0.1) is 6.92 Å². The highest BCUT2D eigenvalue weighted by Crippen LogP contribution is 2.28. The van der Waals surface area contributed by atoms with E-state index in [1.54, 1.807) is 6.92 Å². The van der Waals surface area contributed by atoms with Crippen LogP contribution in [0.15, 0.2) is 16.9 Å². The number of nitrogen functional groups attached to an aromatic ring is 1. The van der Waals surface area contributed by atoms with Gasteiger partial charge in [-0.25, -0.2) is 19.6 Å². The number of aryl methyl sites for hydroxylation is 1. The molecular formula is C12H9F3N6O. The Morgan fingerprint density at radius 2 is 2.00 bits per heavy atom. The molecule has 0 spiro atoms. The van der Waals surface area contributed by atoms with Crippen molar-refractivity contribution in [3.05, 3.63) is 35.0 Å². The number of halogens is 3. The van der Waals surface area contributed by atoms with E-state index in [-0.39, 0.29) is 29.1 Å². The van der Waals surface area contributed by atoms with E-state index in [2.05, 4.69) is 29.9 Å². The van der Waals surface area contributed by atoms with Crippen molar-refractivity contribution in [3.8, 4) is 0 Å². The van der Waals surface area contributed by atoms with Gasteiger partial charge in [0.25, 0.3) is 0 Å². The molecule has 0 aliphatic heterocycles. The first-order valence-corrected chi connectivity index (χ1v) is 6.12. The quantitative estimate of drug-likeness (QED) is 0.771. The average Bonchev–Trinajstić information content (AvgIpc) is 2.91. The van der Waals surface area contributed by atoms with Crippen molar-refractivity contribution in [1.29, 1.82) is 0 Å². The smallest absolute Gasteiger partial charge is 0.396 e. The number of nitrogens with zero attached hydrogens (tertiary/aromatic N) is 5. The third-order valence-electron chi connectivity index (χ3n) is 3.09. The van der Waals surface area contributed by atoms with Crippen LogP contribution in [0.4, 0.5) is 18.9 Å². The highest BCUT2D eigenvalue weighted by molar-refractivity contribution is 5.85. The van der Waals surface area contributed by atoms with Gasteiger partial charge in [-0.2, -0.15) is 13.2 Å². The maximum Gasteiger partial charge on any atom is 0.433 e. The average molecular weight is 310 g/mol. The Kier molecular flexibility index (Phi) is 3.15. The van der Waals surface area contributed by atoms with Gasteiger partial charge >= 0.3 is 6.18 Å². The number of fused-ring (bicyclic) bond motifs is 1. The first-order chi connectivity index (χ1) is 10.4. The second kappa shape index (κ2) is 4.90. The third kappa shape index (κ3) is 2.43. The molecule has 3 aromatic rings. The van der Waals surface area contributed by atoms with Gasteiger partial charge in [-0.1, -0.05) is 0 Å². The second-order valence-electron chi connectivity index (χ2n) is 4.56. The molecule has 10 heteroatoms. The van der Waals surface area contributed by atoms with Crippen molar-refractivity contribution in [2.24, 2.45) is 0 Å². The van der Waals surface area contributed by atoms with Crippen LogP contribution in [-0.4, -0.2) is 25.3 Å². The van der Waals surface area contributed by atoms with E-state index in [4.69, 9.17) is 5.73 Å². The van der Waals surface area contributed by atoms with Gasteiger partial charge in [0.15, 0.2) is 5.52 Å². The molecule has 22 heavy (non-hydrogen) atoms. The maximum absolute atomic E-state index is 12.7. The van der Waals surface area contributed by atoms with E-state index in [0.29, 0.717) is 11.3 Å². The number of pyridine rings is 1. The van der Waals surface area contributed by atoms with Crippen molar-refractivity contribution in [2.45, 2.75) is 19.5 Å². The zero-order valence-electron chi connectivity index (χ0n) is 11.2. The molecule has 0 unspecified atom stereocenters. The molecule has 3 rings (SSSR count). The Hall–Kier alpha value is -2.78. The van der Waals surface area contributed by atoms with Gasteiger partial charge in [-0.15, -0.1) is 0 Å². The van der Waals surface area contributed by atoms with Crippen molar-refractivity contribution < 1.29 is 17.8 Å². The summed E-state index contributed by atoms with van der Waals surface area (Å²) in [5.41, 5.74) is 6.67. The Balaban J connectivity index is 2.03. The van der Waals surface area contributed by atoms with E-state index in [1.165, 1.54) is 0 Å². The van der Waals surface area contributed by atoms with Gasteiger partial charge in [0.05, 0.1) is 5.69 Å². The highest BCUT2D eigenvalue weighted by Gasteiger charge is 2.32. The summed E-state index contributed by atoms with van der Waals surface area (Å²) in [5, 5.41) is 7.20. The van der Waals surface area contributed by atoms with Gasteiger partial charge in [-0.3, -0.25) is 0 Å². The van der Waals surface area contributed by atoms with Crippen molar-refractivity contribution >= 4 is 16.9 Å². The maximum atomic E-state index is 12.7. The van der Waals surface area contributed by atoms with Crippen LogP contribution in [-0.2, 0) is 12.6 Å². The molecule has 0 aromatic carbocycles. The van der Waals surface area contributed by atoms with E-state index >= 15 is 0 Å². The Labute approximate surface area is 121 Å². The van der Waals surface area contributed by atoms with Crippen molar-refractivity contribution in [2.75, 3.05) is 5.73 Å². The fraction of sp³-hybridized carbons (Fsp3) is 0.250. The molecule has 0 aliphatic rings. The molecule has 0 saturated heterocycles. The minimum Gasteiger partial charge on any atom is -0.396 e. The molecule has 0 radical (unpaired) electrons. The number of hydrogen-bond acceptors (Lipinski definition) is 7. The number of nitrogens with two attached hydrogens (primary N) is 1. The predicted octanol–water partition coefficient (Wildman–Crippen LogP) is 1.91. The van der Waals surface area contributed by atoms with E-state index in [1.807, 2.05) is 0 Å². The molecule has 0 amide bonds. The van der Waals surface area contributed by atoms with Crippen molar-refractivity contribution in [1.82, 2.24) is 25.3 Å². The van der Waals surface area contributed by atoms with Gasteiger partial charge in [0, 0.05) is 23.9 Å². The number of aromatic nitrogens is 5.